The van der Waals surface area contributed by atoms with E-state index in [1.807, 2.05) is 13.2 Å². The van der Waals surface area contributed by atoms with Crippen LogP contribution in [0.3, 0.4) is 0 Å². The first kappa shape index (κ1) is 14.5. The van der Waals surface area contributed by atoms with E-state index in [1.54, 1.807) is 24.9 Å². The minimum absolute atomic E-state index is 0.410. The maximum absolute atomic E-state index is 12.2. The molecule has 0 N–H and O–H groups in total. The molecule has 0 fully saturated rings. The number of thioether (sulfide) groups is 1. The summed E-state index contributed by atoms with van der Waals surface area (Å²) < 4.78 is 26.6. The van der Waals surface area contributed by atoms with Gasteiger partial charge in [0.15, 0.2) is 0 Å². The summed E-state index contributed by atoms with van der Waals surface area (Å²) in [6.45, 7) is 2.36. The Balaban J connectivity index is 2.97. The quantitative estimate of drug-likeness (QED) is 0.824. The fourth-order valence-electron chi connectivity index (χ4n) is 1.19. The highest BCUT2D eigenvalue weighted by Gasteiger charge is 2.24. The van der Waals surface area contributed by atoms with Gasteiger partial charge in [-0.3, -0.25) is 0 Å². The average Bonchev–Trinajstić information content (AvgIpc) is 2.54. The van der Waals surface area contributed by atoms with Crippen LogP contribution in [-0.2, 0) is 10.0 Å². The molecule has 0 atom stereocenters. The van der Waals surface area contributed by atoms with Crippen LogP contribution in [0.5, 0.6) is 0 Å². The van der Waals surface area contributed by atoms with E-state index in [4.69, 9.17) is 0 Å². The SMILES string of the molecule is CSCCN(C)S(=O)(=O)c1cc(Br)sc1C. The zero-order valence-corrected chi connectivity index (χ0v) is 13.4. The molecule has 0 aliphatic heterocycles. The molecule has 0 aliphatic carbocycles. The fraction of sp³-hybridized carbons (Fsp3) is 0.556. The van der Waals surface area contributed by atoms with E-state index in [0.29, 0.717) is 11.4 Å². The molecule has 0 saturated heterocycles. The highest BCUT2D eigenvalue weighted by molar-refractivity contribution is 9.11. The Kier molecular flexibility index (Phi) is 5.31. The van der Waals surface area contributed by atoms with E-state index >= 15 is 0 Å². The molecular weight excluding hydrogens is 330 g/mol. The van der Waals surface area contributed by atoms with Crippen molar-refractivity contribution in [2.45, 2.75) is 11.8 Å². The third-order valence-corrected chi connectivity index (χ3v) is 6.40. The highest BCUT2D eigenvalue weighted by atomic mass is 79.9. The lowest BCUT2D eigenvalue weighted by Gasteiger charge is -2.16. The summed E-state index contributed by atoms with van der Waals surface area (Å²) in [6, 6.07) is 1.67. The van der Waals surface area contributed by atoms with Gasteiger partial charge in [-0.2, -0.15) is 11.8 Å². The van der Waals surface area contributed by atoms with E-state index in [1.165, 1.54) is 15.6 Å². The Labute approximate surface area is 113 Å². The predicted octanol–water partition coefficient (Wildman–Crippen LogP) is 2.80. The molecule has 1 aromatic rings. The smallest absolute Gasteiger partial charge is 0.207 e. The summed E-state index contributed by atoms with van der Waals surface area (Å²) in [7, 11) is -1.70. The van der Waals surface area contributed by atoms with Gasteiger partial charge in [-0.05, 0) is 35.2 Å². The zero-order valence-electron chi connectivity index (χ0n) is 9.36. The molecule has 0 unspecified atom stereocenters. The van der Waals surface area contributed by atoms with Crippen molar-refractivity contribution in [2.24, 2.45) is 0 Å². The van der Waals surface area contributed by atoms with Crippen molar-refractivity contribution >= 4 is 49.1 Å². The van der Waals surface area contributed by atoms with Crippen LogP contribution in [0.25, 0.3) is 0 Å². The largest absolute Gasteiger partial charge is 0.243 e. The topological polar surface area (TPSA) is 37.4 Å². The summed E-state index contributed by atoms with van der Waals surface area (Å²) in [5.41, 5.74) is 0. The molecule has 1 aromatic heterocycles. The summed E-state index contributed by atoms with van der Waals surface area (Å²) >= 11 is 6.39. The molecule has 3 nitrogen and oxygen atoms in total. The summed E-state index contributed by atoms with van der Waals surface area (Å²) in [6.07, 6.45) is 1.97. The standard InChI is InChI=1S/C9H14BrNO2S3/c1-7-8(6-9(10)15-7)16(12,13)11(2)4-5-14-3/h6H,4-5H2,1-3H3. The van der Waals surface area contributed by atoms with E-state index in [0.717, 1.165) is 14.4 Å². The zero-order chi connectivity index (χ0) is 12.3. The van der Waals surface area contributed by atoms with Crippen molar-refractivity contribution in [3.05, 3.63) is 14.7 Å². The minimum Gasteiger partial charge on any atom is -0.207 e. The molecule has 16 heavy (non-hydrogen) atoms. The monoisotopic (exact) mass is 343 g/mol. The lowest BCUT2D eigenvalue weighted by molar-refractivity contribution is 0.488. The first-order valence-electron chi connectivity index (χ1n) is 4.60. The van der Waals surface area contributed by atoms with Crippen molar-refractivity contribution in [1.82, 2.24) is 4.31 Å². The molecule has 7 heteroatoms. The number of nitrogens with zero attached hydrogens (tertiary/aromatic N) is 1. The van der Waals surface area contributed by atoms with Crippen LogP contribution < -0.4 is 0 Å². The number of halogens is 1. The Morgan fingerprint density at radius 1 is 1.56 bits per heavy atom. The molecule has 0 aliphatic rings. The maximum atomic E-state index is 12.2. The van der Waals surface area contributed by atoms with Crippen molar-refractivity contribution in [1.29, 1.82) is 0 Å². The molecule has 1 heterocycles. The van der Waals surface area contributed by atoms with Gasteiger partial charge >= 0.3 is 0 Å². The van der Waals surface area contributed by atoms with Crippen LogP contribution in [0, 0.1) is 6.92 Å². The fourth-order valence-corrected chi connectivity index (χ4v) is 5.32. The molecular formula is C9H14BrNO2S3. The van der Waals surface area contributed by atoms with Gasteiger partial charge in [0.1, 0.15) is 0 Å². The second-order valence-corrected chi connectivity index (χ2v) is 8.92. The second-order valence-electron chi connectivity index (χ2n) is 3.29. The van der Waals surface area contributed by atoms with Crippen LogP contribution in [0.1, 0.15) is 4.88 Å². The molecule has 0 bridgehead atoms. The lowest BCUT2D eigenvalue weighted by Crippen LogP contribution is -2.29. The van der Waals surface area contributed by atoms with Crippen molar-refractivity contribution in [2.75, 3.05) is 25.6 Å². The summed E-state index contributed by atoms with van der Waals surface area (Å²) in [5.74, 6) is 0.806. The molecule has 0 saturated carbocycles. The molecule has 1 rings (SSSR count). The second kappa shape index (κ2) is 5.86. The Bertz CT molecular complexity index is 455. The van der Waals surface area contributed by atoms with Crippen LogP contribution in [0.15, 0.2) is 14.7 Å². The van der Waals surface area contributed by atoms with Gasteiger partial charge in [0, 0.05) is 24.2 Å². The first-order valence-corrected chi connectivity index (χ1v) is 9.05. The Morgan fingerprint density at radius 3 is 2.62 bits per heavy atom. The van der Waals surface area contributed by atoms with E-state index < -0.39 is 10.0 Å². The third kappa shape index (κ3) is 3.22. The van der Waals surface area contributed by atoms with Gasteiger partial charge in [-0.25, -0.2) is 12.7 Å². The predicted molar refractivity (Wildman–Crippen MR) is 75.0 cm³/mol. The van der Waals surface area contributed by atoms with Crippen LogP contribution >= 0.6 is 39.0 Å². The van der Waals surface area contributed by atoms with Crippen LogP contribution in [0.2, 0.25) is 0 Å². The molecule has 0 spiro atoms. The third-order valence-electron chi connectivity index (χ3n) is 2.14. The van der Waals surface area contributed by atoms with Gasteiger partial charge in [0.2, 0.25) is 10.0 Å². The number of hydrogen-bond donors (Lipinski definition) is 0. The molecule has 0 aromatic carbocycles. The van der Waals surface area contributed by atoms with Crippen molar-refractivity contribution in [3.63, 3.8) is 0 Å². The first-order chi connectivity index (χ1) is 7.39. The van der Waals surface area contributed by atoms with Crippen LogP contribution in [0.4, 0.5) is 0 Å². The van der Waals surface area contributed by atoms with Gasteiger partial charge in [0.05, 0.1) is 8.68 Å². The van der Waals surface area contributed by atoms with Gasteiger partial charge in [-0.15, -0.1) is 11.3 Å². The number of hydrogen-bond acceptors (Lipinski definition) is 4. The van der Waals surface area contributed by atoms with Gasteiger partial charge < -0.3 is 0 Å². The number of thiophene rings is 1. The van der Waals surface area contributed by atoms with E-state index in [9.17, 15) is 8.42 Å². The number of rotatable bonds is 5. The van der Waals surface area contributed by atoms with Crippen molar-refractivity contribution in [3.8, 4) is 0 Å². The lowest BCUT2D eigenvalue weighted by atomic mass is 10.5. The highest BCUT2D eigenvalue weighted by Crippen LogP contribution is 2.31. The Hall–Kier alpha value is 0.440. The Morgan fingerprint density at radius 2 is 2.19 bits per heavy atom. The number of sulfonamides is 1. The summed E-state index contributed by atoms with van der Waals surface area (Å²) in [5, 5.41) is 0. The van der Waals surface area contributed by atoms with Crippen molar-refractivity contribution < 1.29 is 8.42 Å². The normalized spacial score (nSPS) is 12.3. The summed E-state index contributed by atoms with van der Waals surface area (Å²) in [4.78, 5) is 1.23. The number of aryl methyl sites for hydroxylation is 1. The van der Waals surface area contributed by atoms with Crippen LogP contribution in [-0.4, -0.2) is 38.3 Å². The molecule has 0 radical (unpaired) electrons. The molecule has 92 valence electrons. The minimum atomic E-state index is -3.32. The maximum Gasteiger partial charge on any atom is 0.243 e. The van der Waals surface area contributed by atoms with Gasteiger partial charge in [-0.1, -0.05) is 0 Å². The van der Waals surface area contributed by atoms with Gasteiger partial charge in [0.25, 0.3) is 0 Å². The van der Waals surface area contributed by atoms with E-state index in [-0.39, 0.29) is 0 Å². The molecule has 0 amide bonds. The van der Waals surface area contributed by atoms with E-state index in [2.05, 4.69) is 15.9 Å². The average molecular weight is 344 g/mol.